The second-order valence-electron chi connectivity index (χ2n) is 6.99. The average Bonchev–Trinajstić information content (AvgIpc) is 3.17. The van der Waals surface area contributed by atoms with E-state index < -0.39 is 4.92 Å². The number of fused-ring (bicyclic) bond motifs is 1. The maximum absolute atomic E-state index is 12.7. The van der Waals surface area contributed by atoms with Crippen LogP contribution < -0.4 is 0 Å². The summed E-state index contributed by atoms with van der Waals surface area (Å²) >= 11 is 0. The van der Waals surface area contributed by atoms with E-state index in [0.717, 1.165) is 25.9 Å². The molecule has 0 N–H and O–H groups in total. The van der Waals surface area contributed by atoms with Crippen molar-refractivity contribution >= 4 is 11.6 Å². The Hall–Kier alpha value is -2.73. The van der Waals surface area contributed by atoms with Crippen LogP contribution in [0.3, 0.4) is 0 Å². The molecule has 0 aromatic heterocycles. The molecular formula is C20H21N3O3. The number of nitrogens with zero attached hydrogens (tertiary/aromatic N) is 3. The summed E-state index contributed by atoms with van der Waals surface area (Å²) < 4.78 is 0. The number of amides is 1. The Labute approximate surface area is 152 Å². The van der Waals surface area contributed by atoms with Crippen LogP contribution in [0.1, 0.15) is 27.9 Å². The van der Waals surface area contributed by atoms with Gasteiger partial charge >= 0.3 is 0 Å². The van der Waals surface area contributed by atoms with Crippen molar-refractivity contribution in [1.29, 1.82) is 0 Å². The van der Waals surface area contributed by atoms with Gasteiger partial charge in [0.2, 0.25) is 0 Å². The van der Waals surface area contributed by atoms with E-state index in [1.165, 1.54) is 23.3 Å². The van der Waals surface area contributed by atoms with Gasteiger partial charge in [-0.3, -0.25) is 19.8 Å². The summed E-state index contributed by atoms with van der Waals surface area (Å²) in [6, 6.07) is 14.9. The molecule has 1 atom stereocenters. The molecule has 1 fully saturated rings. The number of non-ortho nitro benzene ring substituents is 1. The highest BCUT2D eigenvalue weighted by Crippen LogP contribution is 2.25. The van der Waals surface area contributed by atoms with Gasteiger partial charge < -0.3 is 4.90 Å². The van der Waals surface area contributed by atoms with E-state index in [1.54, 1.807) is 12.1 Å². The minimum Gasteiger partial charge on any atom is -0.337 e. The van der Waals surface area contributed by atoms with E-state index in [4.69, 9.17) is 0 Å². The molecule has 2 aliphatic rings. The van der Waals surface area contributed by atoms with E-state index in [1.807, 2.05) is 4.90 Å². The highest BCUT2D eigenvalue weighted by Gasteiger charge is 2.32. The molecule has 6 heteroatoms. The van der Waals surface area contributed by atoms with Crippen molar-refractivity contribution in [3.05, 3.63) is 75.3 Å². The molecule has 0 aliphatic carbocycles. The van der Waals surface area contributed by atoms with Crippen molar-refractivity contribution < 1.29 is 9.72 Å². The summed E-state index contributed by atoms with van der Waals surface area (Å²) in [4.78, 5) is 27.5. The zero-order valence-electron chi connectivity index (χ0n) is 14.5. The molecule has 4 rings (SSSR count). The average molecular weight is 351 g/mol. The van der Waals surface area contributed by atoms with Crippen LogP contribution in [0.15, 0.2) is 48.5 Å². The summed E-state index contributed by atoms with van der Waals surface area (Å²) in [5.74, 6) is -0.117. The van der Waals surface area contributed by atoms with Crippen molar-refractivity contribution in [3.63, 3.8) is 0 Å². The Kier molecular flexibility index (Phi) is 4.42. The van der Waals surface area contributed by atoms with Crippen LogP contribution in [-0.2, 0) is 13.0 Å². The van der Waals surface area contributed by atoms with E-state index >= 15 is 0 Å². The number of benzene rings is 2. The lowest BCUT2D eigenvalue weighted by atomic mass is 9.98. The first-order valence-corrected chi connectivity index (χ1v) is 8.96. The largest absolute Gasteiger partial charge is 0.337 e. The molecule has 134 valence electrons. The van der Waals surface area contributed by atoms with Crippen LogP contribution in [0.5, 0.6) is 0 Å². The highest BCUT2D eigenvalue weighted by molar-refractivity contribution is 5.95. The predicted octanol–water partition coefficient (Wildman–Crippen LogP) is 2.87. The Balaban J connectivity index is 1.43. The van der Waals surface area contributed by atoms with E-state index in [9.17, 15) is 14.9 Å². The lowest BCUT2D eigenvalue weighted by molar-refractivity contribution is -0.384. The van der Waals surface area contributed by atoms with Gasteiger partial charge in [-0.2, -0.15) is 0 Å². The van der Waals surface area contributed by atoms with Gasteiger partial charge in [0.1, 0.15) is 0 Å². The van der Waals surface area contributed by atoms with Crippen LogP contribution in [0.4, 0.5) is 5.69 Å². The fourth-order valence-corrected chi connectivity index (χ4v) is 3.99. The Morgan fingerprint density at radius 2 is 1.88 bits per heavy atom. The smallest absolute Gasteiger partial charge is 0.270 e. The van der Waals surface area contributed by atoms with Gasteiger partial charge in [0, 0.05) is 49.9 Å². The van der Waals surface area contributed by atoms with Crippen LogP contribution >= 0.6 is 0 Å². The molecule has 2 aromatic carbocycles. The van der Waals surface area contributed by atoms with E-state index in [0.29, 0.717) is 24.7 Å². The van der Waals surface area contributed by atoms with Crippen LogP contribution in [0, 0.1) is 10.1 Å². The number of hydrogen-bond acceptors (Lipinski definition) is 4. The molecule has 0 unspecified atom stereocenters. The van der Waals surface area contributed by atoms with Crippen LogP contribution in [0.25, 0.3) is 0 Å². The molecule has 2 aromatic rings. The topological polar surface area (TPSA) is 66.7 Å². The number of nitro groups is 1. The van der Waals surface area contributed by atoms with Gasteiger partial charge in [0.05, 0.1) is 4.92 Å². The van der Waals surface area contributed by atoms with Gasteiger partial charge in [-0.1, -0.05) is 30.3 Å². The molecule has 2 aliphatic heterocycles. The van der Waals surface area contributed by atoms with Gasteiger partial charge in [-0.15, -0.1) is 0 Å². The second kappa shape index (κ2) is 6.88. The SMILES string of the molecule is O=C(c1cccc([N+](=O)[O-])c1)N1CC[C@@H](N2CCc3ccccc3C2)C1. The van der Waals surface area contributed by atoms with Crippen LogP contribution in [0.2, 0.25) is 0 Å². The van der Waals surface area contributed by atoms with Crippen molar-refractivity contribution in [1.82, 2.24) is 9.80 Å². The zero-order chi connectivity index (χ0) is 18.1. The fraction of sp³-hybridized carbons (Fsp3) is 0.350. The third kappa shape index (κ3) is 3.20. The van der Waals surface area contributed by atoms with Gasteiger partial charge in [-0.05, 0) is 30.0 Å². The maximum atomic E-state index is 12.7. The predicted molar refractivity (Wildman–Crippen MR) is 98.0 cm³/mol. The molecular weight excluding hydrogens is 330 g/mol. The van der Waals surface area contributed by atoms with Crippen molar-refractivity contribution in [2.45, 2.75) is 25.4 Å². The summed E-state index contributed by atoms with van der Waals surface area (Å²) in [7, 11) is 0. The molecule has 0 saturated carbocycles. The Morgan fingerprint density at radius 1 is 1.08 bits per heavy atom. The quantitative estimate of drug-likeness (QED) is 0.630. The van der Waals surface area contributed by atoms with Crippen molar-refractivity contribution in [2.24, 2.45) is 0 Å². The standard InChI is InChI=1S/C20H21N3O3/c24-20(16-6-3-7-18(12-16)23(25)26)22-11-9-19(14-22)21-10-8-15-4-1-2-5-17(15)13-21/h1-7,12,19H,8-11,13-14H2/t19-/m1/s1. The first kappa shape index (κ1) is 16.7. The maximum Gasteiger partial charge on any atom is 0.270 e. The number of carbonyl (C=O) groups is 1. The lowest BCUT2D eigenvalue weighted by Gasteiger charge is -2.33. The number of likely N-dealkylation sites (tertiary alicyclic amines) is 1. The first-order valence-electron chi connectivity index (χ1n) is 8.96. The molecule has 6 nitrogen and oxygen atoms in total. The van der Waals surface area contributed by atoms with E-state index in [-0.39, 0.29) is 11.6 Å². The van der Waals surface area contributed by atoms with Crippen molar-refractivity contribution in [2.75, 3.05) is 19.6 Å². The fourth-order valence-electron chi connectivity index (χ4n) is 3.99. The normalized spacial score (nSPS) is 20.0. The Morgan fingerprint density at radius 3 is 2.69 bits per heavy atom. The molecule has 0 spiro atoms. The third-order valence-corrected chi connectivity index (χ3v) is 5.43. The minimum atomic E-state index is -0.464. The zero-order valence-corrected chi connectivity index (χ0v) is 14.5. The minimum absolute atomic E-state index is 0.0424. The molecule has 2 heterocycles. The van der Waals surface area contributed by atoms with Gasteiger partial charge in [-0.25, -0.2) is 0 Å². The number of hydrogen-bond donors (Lipinski definition) is 0. The molecule has 0 radical (unpaired) electrons. The van der Waals surface area contributed by atoms with E-state index in [2.05, 4.69) is 29.2 Å². The molecule has 1 saturated heterocycles. The second-order valence-corrected chi connectivity index (χ2v) is 6.99. The molecule has 1 amide bonds. The summed E-state index contributed by atoms with van der Waals surface area (Å²) in [5.41, 5.74) is 3.15. The first-order chi connectivity index (χ1) is 12.6. The third-order valence-electron chi connectivity index (χ3n) is 5.43. The number of rotatable bonds is 3. The molecule has 26 heavy (non-hydrogen) atoms. The van der Waals surface area contributed by atoms with Gasteiger partial charge in [0.25, 0.3) is 11.6 Å². The summed E-state index contributed by atoms with van der Waals surface area (Å²) in [6.45, 7) is 3.33. The highest BCUT2D eigenvalue weighted by atomic mass is 16.6. The summed E-state index contributed by atoms with van der Waals surface area (Å²) in [6.07, 6.45) is 1.99. The summed E-state index contributed by atoms with van der Waals surface area (Å²) in [5, 5.41) is 10.9. The van der Waals surface area contributed by atoms with Crippen LogP contribution in [-0.4, -0.2) is 46.3 Å². The number of nitro benzene ring substituents is 1. The monoisotopic (exact) mass is 351 g/mol. The van der Waals surface area contributed by atoms with Gasteiger partial charge in [0.15, 0.2) is 0 Å². The number of carbonyl (C=O) groups excluding carboxylic acids is 1. The Bertz CT molecular complexity index is 852. The molecule has 0 bridgehead atoms. The van der Waals surface area contributed by atoms with Crippen molar-refractivity contribution in [3.8, 4) is 0 Å². The lowest BCUT2D eigenvalue weighted by Crippen LogP contribution is -2.41.